The first-order valence-corrected chi connectivity index (χ1v) is 7.41. The Morgan fingerprint density at radius 2 is 1.55 bits per heavy atom. The van der Waals surface area contributed by atoms with Crippen LogP contribution in [-0.2, 0) is 10.1 Å². The molecule has 0 aliphatic rings. The van der Waals surface area contributed by atoms with Crippen LogP contribution in [0.15, 0.2) is 71.9 Å². The van der Waals surface area contributed by atoms with Crippen LogP contribution in [0.4, 0.5) is 0 Å². The maximum absolute atomic E-state index is 12.3. The van der Waals surface area contributed by atoms with E-state index in [9.17, 15) is 8.42 Å². The molecular weight excluding hydrogens is 274 g/mol. The summed E-state index contributed by atoms with van der Waals surface area (Å²) in [6.07, 6.45) is 1.46. The number of aromatic nitrogens is 1. The fraction of sp³-hybridized carbons (Fsp3) is 0. The van der Waals surface area contributed by atoms with E-state index < -0.39 is 10.1 Å². The van der Waals surface area contributed by atoms with E-state index in [1.54, 1.807) is 48.5 Å². The molecular formula is C15H11NO3S. The van der Waals surface area contributed by atoms with E-state index >= 15 is 0 Å². The van der Waals surface area contributed by atoms with Crippen molar-refractivity contribution in [2.45, 2.75) is 5.03 Å². The Bertz CT molecular complexity index is 840. The lowest BCUT2D eigenvalue weighted by Gasteiger charge is -2.08. The molecule has 5 heteroatoms. The van der Waals surface area contributed by atoms with Crippen molar-refractivity contribution in [2.75, 3.05) is 0 Å². The minimum Gasteiger partial charge on any atom is -0.378 e. The number of rotatable bonds is 3. The molecule has 0 spiro atoms. The molecule has 0 N–H and O–H groups in total. The van der Waals surface area contributed by atoms with Crippen molar-refractivity contribution in [2.24, 2.45) is 0 Å². The Kier molecular flexibility index (Phi) is 3.12. The number of hydrogen-bond donors (Lipinski definition) is 0. The van der Waals surface area contributed by atoms with Crippen LogP contribution in [0.3, 0.4) is 0 Å². The predicted octanol–water partition coefficient (Wildman–Crippen LogP) is 3.00. The lowest BCUT2D eigenvalue weighted by atomic mass is 10.2. The molecule has 0 atom stereocenters. The van der Waals surface area contributed by atoms with Crippen LogP contribution in [-0.4, -0.2) is 13.4 Å². The largest absolute Gasteiger partial charge is 0.378 e. The van der Waals surface area contributed by atoms with Gasteiger partial charge in [0.15, 0.2) is 0 Å². The van der Waals surface area contributed by atoms with Gasteiger partial charge in [0.1, 0.15) is 5.75 Å². The molecule has 0 amide bonds. The summed E-state index contributed by atoms with van der Waals surface area (Å²) in [5.41, 5.74) is 0. The standard InChI is InChI=1S/C15H11NO3S/c17-20(18,19-13-7-2-1-3-8-13)15-14-9-5-4-6-12(14)10-11-16-15/h1-11H. The zero-order chi connectivity index (χ0) is 14.0. The first-order chi connectivity index (χ1) is 9.67. The van der Waals surface area contributed by atoms with Gasteiger partial charge in [0.2, 0.25) is 5.03 Å². The van der Waals surface area contributed by atoms with Gasteiger partial charge < -0.3 is 4.18 Å². The third kappa shape index (κ3) is 2.35. The van der Waals surface area contributed by atoms with Gasteiger partial charge >= 0.3 is 10.1 Å². The molecule has 0 aliphatic heterocycles. The highest BCUT2D eigenvalue weighted by Crippen LogP contribution is 2.23. The van der Waals surface area contributed by atoms with Gasteiger partial charge in [-0.25, -0.2) is 4.98 Å². The van der Waals surface area contributed by atoms with E-state index in [0.29, 0.717) is 5.39 Å². The van der Waals surface area contributed by atoms with Crippen LogP contribution >= 0.6 is 0 Å². The summed E-state index contributed by atoms with van der Waals surface area (Å²) in [4.78, 5) is 3.96. The number of fused-ring (bicyclic) bond motifs is 1. The topological polar surface area (TPSA) is 56.3 Å². The van der Waals surface area contributed by atoms with Gasteiger partial charge in [-0.15, -0.1) is 0 Å². The molecule has 1 heterocycles. The van der Waals surface area contributed by atoms with Crippen LogP contribution in [0, 0.1) is 0 Å². The lowest BCUT2D eigenvalue weighted by Crippen LogP contribution is -2.12. The molecule has 3 aromatic rings. The molecule has 0 radical (unpaired) electrons. The summed E-state index contributed by atoms with van der Waals surface area (Å²) in [5.74, 6) is 0.266. The Labute approximate surface area is 116 Å². The Morgan fingerprint density at radius 3 is 2.35 bits per heavy atom. The van der Waals surface area contributed by atoms with Gasteiger partial charge in [0.05, 0.1) is 0 Å². The van der Waals surface area contributed by atoms with Gasteiger partial charge in [-0.2, -0.15) is 8.42 Å². The fourth-order valence-corrected chi connectivity index (χ4v) is 3.02. The van der Waals surface area contributed by atoms with Crippen molar-refractivity contribution in [3.05, 3.63) is 66.9 Å². The predicted molar refractivity (Wildman–Crippen MR) is 76.0 cm³/mol. The van der Waals surface area contributed by atoms with Crippen molar-refractivity contribution in [3.8, 4) is 5.75 Å². The lowest BCUT2D eigenvalue weighted by molar-refractivity contribution is 0.483. The minimum absolute atomic E-state index is 0.0700. The smallest absolute Gasteiger partial charge is 0.357 e. The fourth-order valence-electron chi connectivity index (χ4n) is 1.93. The van der Waals surface area contributed by atoms with E-state index in [1.807, 2.05) is 12.1 Å². The Morgan fingerprint density at radius 1 is 0.850 bits per heavy atom. The average Bonchev–Trinajstić information content (AvgIpc) is 2.47. The van der Waals surface area contributed by atoms with Crippen LogP contribution < -0.4 is 4.18 Å². The van der Waals surface area contributed by atoms with Gasteiger partial charge in [0.25, 0.3) is 0 Å². The molecule has 1 aromatic heterocycles. The first-order valence-electron chi connectivity index (χ1n) is 6.00. The third-order valence-corrected chi connectivity index (χ3v) is 4.03. The summed E-state index contributed by atoms with van der Waals surface area (Å²) in [6, 6.07) is 17.3. The van der Waals surface area contributed by atoms with Crippen LogP contribution in [0.1, 0.15) is 0 Å². The monoisotopic (exact) mass is 285 g/mol. The summed E-state index contributed by atoms with van der Waals surface area (Å²) >= 11 is 0. The molecule has 3 rings (SSSR count). The highest BCUT2D eigenvalue weighted by Gasteiger charge is 2.21. The van der Waals surface area contributed by atoms with E-state index in [4.69, 9.17) is 4.18 Å². The van der Waals surface area contributed by atoms with Crippen molar-refractivity contribution < 1.29 is 12.6 Å². The highest BCUT2D eigenvalue weighted by atomic mass is 32.2. The van der Waals surface area contributed by atoms with Crippen molar-refractivity contribution in [3.63, 3.8) is 0 Å². The van der Waals surface area contributed by atoms with Crippen LogP contribution in [0.5, 0.6) is 5.75 Å². The number of pyridine rings is 1. The quantitative estimate of drug-likeness (QED) is 0.694. The molecule has 20 heavy (non-hydrogen) atoms. The van der Waals surface area contributed by atoms with Crippen molar-refractivity contribution in [1.82, 2.24) is 4.98 Å². The van der Waals surface area contributed by atoms with Gasteiger partial charge in [-0.3, -0.25) is 0 Å². The van der Waals surface area contributed by atoms with E-state index in [-0.39, 0.29) is 10.8 Å². The molecule has 0 saturated heterocycles. The first kappa shape index (κ1) is 12.6. The molecule has 0 bridgehead atoms. The molecule has 2 aromatic carbocycles. The summed E-state index contributed by atoms with van der Waals surface area (Å²) in [6.45, 7) is 0. The van der Waals surface area contributed by atoms with E-state index in [0.717, 1.165) is 5.39 Å². The summed E-state index contributed by atoms with van der Waals surface area (Å²) in [5, 5.41) is 1.28. The van der Waals surface area contributed by atoms with E-state index in [2.05, 4.69) is 4.98 Å². The zero-order valence-electron chi connectivity index (χ0n) is 10.4. The second-order valence-corrected chi connectivity index (χ2v) is 5.65. The molecule has 0 saturated carbocycles. The van der Waals surface area contributed by atoms with Gasteiger partial charge in [-0.1, -0.05) is 42.5 Å². The number of benzene rings is 2. The zero-order valence-corrected chi connectivity index (χ0v) is 11.2. The maximum Gasteiger partial charge on any atom is 0.357 e. The number of para-hydroxylation sites is 1. The van der Waals surface area contributed by atoms with Gasteiger partial charge in [-0.05, 0) is 23.6 Å². The molecule has 0 fully saturated rings. The maximum atomic E-state index is 12.3. The van der Waals surface area contributed by atoms with Crippen molar-refractivity contribution >= 4 is 20.9 Å². The second-order valence-electron chi connectivity index (χ2n) is 4.19. The molecule has 0 unspecified atom stereocenters. The molecule has 0 aliphatic carbocycles. The Hall–Kier alpha value is -2.40. The third-order valence-electron chi connectivity index (χ3n) is 2.82. The SMILES string of the molecule is O=S(=O)(Oc1ccccc1)c1nccc2ccccc12. The molecule has 4 nitrogen and oxygen atoms in total. The van der Waals surface area contributed by atoms with Crippen molar-refractivity contribution in [1.29, 1.82) is 0 Å². The van der Waals surface area contributed by atoms with Gasteiger partial charge in [0, 0.05) is 11.6 Å². The summed E-state index contributed by atoms with van der Waals surface area (Å²) in [7, 11) is -3.95. The van der Waals surface area contributed by atoms with E-state index in [1.165, 1.54) is 6.20 Å². The Balaban J connectivity index is 2.10. The minimum atomic E-state index is -3.95. The average molecular weight is 285 g/mol. The van der Waals surface area contributed by atoms with Crippen LogP contribution in [0.2, 0.25) is 0 Å². The molecule has 100 valence electrons. The number of hydrogen-bond acceptors (Lipinski definition) is 4. The summed E-state index contributed by atoms with van der Waals surface area (Å²) < 4.78 is 29.8. The number of nitrogens with zero attached hydrogens (tertiary/aromatic N) is 1. The normalized spacial score (nSPS) is 11.4. The highest BCUT2D eigenvalue weighted by molar-refractivity contribution is 7.87. The second kappa shape index (κ2) is 4.94. The van der Waals surface area contributed by atoms with Crippen LogP contribution in [0.25, 0.3) is 10.8 Å².